The van der Waals surface area contributed by atoms with Gasteiger partial charge in [-0.05, 0) is 91.9 Å². The maximum Gasteiger partial charge on any atom is 0.338 e. The number of methoxy groups -OCH3 is 2. The molecule has 3 aromatic rings. The lowest BCUT2D eigenvalue weighted by molar-refractivity contribution is -0.130. The molecule has 0 atom stereocenters. The van der Waals surface area contributed by atoms with Crippen LogP contribution in [0.25, 0.3) is 22.3 Å². The zero-order chi connectivity index (χ0) is 33.4. The molecule has 0 fully saturated rings. The number of aldehydes is 2. The number of esters is 2. The van der Waals surface area contributed by atoms with Gasteiger partial charge in [0.05, 0.1) is 19.8 Å². The Morgan fingerprint density at radius 2 is 0.977 bits per heavy atom. The molecule has 0 radical (unpaired) electrons. The van der Waals surface area contributed by atoms with E-state index in [2.05, 4.69) is 26.3 Å². The SMILES string of the molecule is C=C(C)C(=O)Oc1ccc(-c2c(OC)cc(-c3ccc(OC)cc3)cc2OC(=O)C(=C)C)cc1.C=C(C)C=O.C=C(C)C=O. The second-order valence-electron chi connectivity index (χ2n) is 9.57. The van der Waals surface area contributed by atoms with Crippen molar-refractivity contribution in [1.29, 1.82) is 0 Å². The Balaban J connectivity index is 0.000000837. The zero-order valence-electron chi connectivity index (χ0n) is 26.0. The average Bonchev–Trinajstić information content (AvgIpc) is 3.01. The Bertz CT molecular complexity index is 1510. The predicted octanol–water partition coefficient (Wildman–Crippen LogP) is 7.52. The molecule has 0 aliphatic rings. The maximum atomic E-state index is 12.4. The molecule has 8 nitrogen and oxygen atoms in total. The van der Waals surface area contributed by atoms with Crippen LogP contribution in [0.4, 0.5) is 0 Å². The van der Waals surface area contributed by atoms with Gasteiger partial charge in [-0.2, -0.15) is 0 Å². The van der Waals surface area contributed by atoms with Crippen molar-refractivity contribution in [3.8, 4) is 45.3 Å². The fourth-order valence-corrected chi connectivity index (χ4v) is 3.14. The van der Waals surface area contributed by atoms with Crippen molar-refractivity contribution < 1.29 is 38.1 Å². The first-order valence-corrected chi connectivity index (χ1v) is 13.2. The van der Waals surface area contributed by atoms with Gasteiger partial charge in [-0.15, -0.1) is 0 Å². The van der Waals surface area contributed by atoms with E-state index >= 15 is 0 Å². The fourth-order valence-electron chi connectivity index (χ4n) is 3.14. The molecule has 44 heavy (non-hydrogen) atoms. The third-order valence-electron chi connectivity index (χ3n) is 5.36. The summed E-state index contributed by atoms with van der Waals surface area (Å²) in [7, 11) is 3.15. The largest absolute Gasteiger partial charge is 0.497 e. The van der Waals surface area contributed by atoms with E-state index in [1.807, 2.05) is 30.3 Å². The molecule has 0 amide bonds. The zero-order valence-corrected chi connectivity index (χ0v) is 26.0. The van der Waals surface area contributed by atoms with Crippen molar-refractivity contribution in [2.24, 2.45) is 0 Å². The van der Waals surface area contributed by atoms with Gasteiger partial charge in [-0.1, -0.05) is 50.6 Å². The normalized spacial score (nSPS) is 9.41. The fraction of sp³-hybridized carbons (Fsp3) is 0.167. The summed E-state index contributed by atoms with van der Waals surface area (Å²) in [6, 6.07) is 18.0. The minimum absolute atomic E-state index is 0.266. The number of allylic oxidation sites excluding steroid dienone is 2. The van der Waals surface area contributed by atoms with Crippen LogP contribution in [0, 0.1) is 0 Å². The van der Waals surface area contributed by atoms with Crippen molar-refractivity contribution in [1.82, 2.24) is 0 Å². The molecule has 0 saturated heterocycles. The van der Waals surface area contributed by atoms with E-state index < -0.39 is 11.9 Å². The highest BCUT2D eigenvalue weighted by atomic mass is 16.5. The van der Waals surface area contributed by atoms with Crippen LogP contribution < -0.4 is 18.9 Å². The van der Waals surface area contributed by atoms with Gasteiger partial charge in [-0.3, -0.25) is 9.59 Å². The van der Waals surface area contributed by atoms with Crippen molar-refractivity contribution in [3.05, 3.63) is 109 Å². The number of hydrogen-bond donors (Lipinski definition) is 0. The minimum Gasteiger partial charge on any atom is -0.497 e. The van der Waals surface area contributed by atoms with Crippen LogP contribution in [0.5, 0.6) is 23.0 Å². The highest BCUT2D eigenvalue weighted by Crippen LogP contribution is 2.43. The molecule has 0 N–H and O–H groups in total. The van der Waals surface area contributed by atoms with E-state index in [-0.39, 0.29) is 5.57 Å². The van der Waals surface area contributed by atoms with Gasteiger partial charge in [0.2, 0.25) is 0 Å². The van der Waals surface area contributed by atoms with Crippen LogP contribution in [0.15, 0.2) is 109 Å². The topological polar surface area (TPSA) is 105 Å². The number of ether oxygens (including phenoxy) is 4. The van der Waals surface area contributed by atoms with Crippen LogP contribution in [0.2, 0.25) is 0 Å². The second-order valence-corrected chi connectivity index (χ2v) is 9.57. The highest BCUT2D eigenvalue weighted by Gasteiger charge is 2.19. The van der Waals surface area contributed by atoms with Crippen LogP contribution in [-0.4, -0.2) is 38.7 Å². The number of carbonyl (C=O) groups is 4. The summed E-state index contributed by atoms with van der Waals surface area (Å²) in [4.78, 5) is 43.0. The Morgan fingerprint density at radius 1 is 0.568 bits per heavy atom. The lowest BCUT2D eigenvalue weighted by Gasteiger charge is -2.17. The molecule has 0 aliphatic carbocycles. The number of rotatable bonds is 10. The first-order valence-electron chi connectivity index (χ1n) is 13.2. The van der Waals surface area contributed by atoms with Gasteiger partial charge in [0.1, 0.15) is 35.6 Å². The summed E-state index contributed by atoms with van der Waals surface area (Å²) < 4.78 is 21.9. The summed E-state index contributed by atoms with van der Waals surface area (Å²) in [5, 5.41) is 0. The summed E-state index contributed by atoms with van der Waals surface area (Å²) in [6.45, 7) is 20.3. The van der Waals surface area contributed by atoms with Crippen LogP contribution in [-0.2, 0) is 19.2 Å². The lowest BCUT2D eigenvalue weighted by Crippen LogP contribution is -2.10. The van der Waals surface area contributed by atoms with E-state index in [1.165, 1.54) is 0 Å². The second kappa shape index (κ2) is 18.1. The standard InChI is InChI=1S/C28H26O6.2C4H6O/c1-17(2)27(29)33-23-13-9-20(10-14-23)26-24(32-6)15-21(16-25(26)34-28(30)18(3)4)19-7-11-22(31-5)12-8-19;2*1-4(2)3-5/h7-16H,1,3H2,2,4-6H3;2*3H,1H2,2H3. The van der Waals surface area contributed by atoms with Crippen molar-refractivity contribution in [3.63, 3.8) is 0 Å². The number of carbonyl (C=O) groups excluding carboxylic acids is 4. The lowest BCUT2D eigenvalue weighted by atomic mass is 9.97. The summed E-state index contributed by atoms with van der Waals surface area (Å²) in [6.07, 6.45) is 1.44. The number of hydrogen-bond acceptors (Lipinski definition) is 8. The molecule has 0 saturated carbocycles. The number of benzene rings is 3. The summed E-state index contributed by atoms with van der Waals surface area (Å²) in [5.74, 6) is 0.849. The van der Waals surface area contributed by atoms with Crippen LogP contribution >= 0.6 is 0 Å². The molecule has 0 spiro atoms. The summed E-state index contributed by atoms with van der Waals surface area (Å²) in [5.41, 5.74) is 4.68. The van der Waals surface area contributed by atoms with Gasteiger partial charge in [0.25, 0.3) is 0 Å². The van der Waals surface area contributed by atoms with E-state index in [4.69, 9.17) is 18.9 Å². The average molecular weight is 599 g/mol. The van der Waals surface area contributed by atoms with Crippen molar-refractivity contribution in [2.75, 3.05) is 14.2 Å². The molecular weight excluding hydrogens is 560 g/mol. The molecule has 3 rings (SSSR count). The van der Waals surface area contributed by atoms with E-state index in [9.17, 15) is 19.2 Å². The Hall–Kier alpha value is -5.50. The first kappa shape index (κ1) is 36.5. The van der Waals surface area contributed by atoms with Crippen LogP contribution in [0.1, 0.15) is 27.7 Å². The molecular formula is C36H38O8. The molecule has 8 heteroatoms. The third-order valence-corrected chi connectivity index (χ3v) is 5.36. The van der Waals surface area contributed by atoms with Gasteiger partial charge >= 0.3 is 11.9 Å². The molecule has 3 aromatic carbocycles. The molecule has 0 bridgehead atoms. The van der Waals surface area contributed by atoms with Gasteiger partial charge in [0.15, 0.2) is 0 Å². The van der Waals surface area contributed by atoms with Crippen molar-refractivity contribution in [2.45, 2.75) is 27.7 Å². The van der Waals surface area contributed by atoms with E-state index in [0.717, 1.165) is 29.4 Å². The van der Waals surface area contributed by atoms with Gasteiger partial charge < -0.3 is 18.9 Å². The Labute approximate surface area is 258 Å². The Kier molecular flexibility index (Phi) is 15.0. The molecule has 0 aromatic heterocycles. The van der Waals surface area contributed by atoms with Crippen LogP contribution in [0.3, 0.4) is 0 Å². The first-order chi connectivity index (χ1) is 20.8. The Morgan fingerprint density at radius 3 is 1.39 bits per heavy atom. The van der Waals surface area contributed by atoms with E-state index in [1.54, 1.807) is 72.2 Å². The summed E-state index contributed by atoms with van der Waals surface area (Å²) >= 11 is 0. The highest BCUT2D eigenvalue weighted by molar-refractivity contribution is 5.92. The molecule has 0 unspecified atom stereocenters. The minimum atomic E-state index is -0.554. The molecule has 0 aliphatic heterocycles. The smallest absolute Gasteiger partial charge is 0.338 e. The maximum absolute atomic E-state index is 12.4. The van der Waals surface area contributed by atoms with Crippen molar-refractivity contribution >= 4 is 24.5 Å². The van der Waals surface area contributed by atoms with E-state index in [0.29, 0.717) is 45.1 Å². The molecule has 230 valence electrons. The third kappa shape index (κ3) is 11.8. The molecule has 0 heterocycles. The van der Waals surface area contributed by atoms with Gasteiger partial charge in [0, 0.05) is 11.1 Å². The monoisotopic (exact) mass is 598 g/mol. The predicted molar refractivity (Wildman–Crippen MR) is 173 cm³/mol. The quantitative estimate of drug-likeness (QED) is 0.102. The van der Waals surface area contributed by atoms with Gasteiger partial charge in [-0.25, -0.2) is 9.59 Å².